The highest BCUT2D eigenvalue weighted by atomic mass is 35.7. The van der Waals surface area contributed by atoms with E-state index in [0.29, 0.717) is 5.52 Å². The molecule has 7 heteroatoms. The summed E-state index contributed by atoms with van der Waals surface area (Å²) in [5.41, 5.74) is 0.255. The zero-order valence-corrected chi connectivity index (χ0v) is 10.8. The molecular formula is C11H9ClN2O3S. The van der Waals surface area contributed by atoms with Crippen LogP contribution in [0.3, 0.4) is 0 Å². The van der Waals surface area contributed by atoms with Crippen LogP contribution in [0.15, 0.2) is 34.2 Å². The Morgan fingerprint density at radius 1 is 1.33 bits per heavy atom. The predicted molar refractivity (Wildman–Crippen MR) is 67.3 cm³/mol. The van der Waals surface area contributed by atoms with Crippen LogP contribution in [0, 0.1) is 0 Å². The molecule has 1 aliphatic rings. The molecule has 1 saturated carbocycles. The van der Waals surface area contributed by atoms with E-state index >= 15 is 0 Å². The van der Waals surface area contributed by atoms with Crippen LogP contribution in [0.4, 0.5) is 0 Å². The zero-order valence-electron chi connectivity index (χ0n) is 9.21. The number of rotatable bonds is 2. The van der Waals surface area contributed by atoms with E-state index in [0.717, 1.165) is 12.8 Å². The second kappa shape index (κ2) is 3.80. The average molecular weight is 285 g/mol. The molecule has 0 bridgehead atoms. The summed E-state index contributed by atoms with van der Waals surface area (Å²) >= 11 is 0. The molecule has 0 atom stereocenters. The van der Waals surface area contributed by atoms with Gasteiger partial charge in [0, 0.05) is 16.7 Å². The van der Waals surface area contributed by atoms with Crippen molar-refractivity contribution in [3.63, 3.8) is 0 Å². The summed E-state index contributed by atoms with van der Waals surface area (Å²) in [5, 5.41) is 0.283. The van der Waals surface area contributed by atoms with Crippen molar-refractivity contribution >= 4 is 30.6 Å². The van der Waals surface area contributed by atoms with Gasteiger partial charge in [-0.15, -0.1) is 0 Å². The van der Waals surface area contributed by atoms with E-state index in [-0.39, 0.29) is 21.9 Å². The van der Waals surface area contributed by atoms with Crippen LogP contribution >= 0.6 is 10.7 Å². The maximum absolute atomic E-state index is 12.2. The minimum Gasteiger partial charge on any atom is -0.296 e. The second-order valence-corrected chi connectivity index (χ2v) is 6.87. The minimum absolute atomic E-state index is 0.0795. The highest BCUT2D eigenvalue weighted by Crippen LogP contribution is 2.33. The van der Waals surface area contributed by atoms with E-state index in [4.69, 9.17) is 10.7 Å². The first kappa shape index (κ1) is 11.7. The molecule has 0 amide bonds. The van der Waals surface area contributed by atoms with E-state index < -0.39 is 9.05 Å². The molecule has 1 aliphatic carbocycles. The van der Waals surface area contributed by atoms with Gasteiger partial charge in [-0.3, -0.25) is 9.36 Å². The molecule has 2 aromatic rings. The Morgan fingerprint density at radius 3 is 2.67 bits per heavy atom. The molecule has 18 heavy (non-hydrogen) atoms. The van der Waals surface area contributed by atoms with Gasteiger partial charge in [-0.05, 0) is 31.0 Å². The Hall–Kier alpha value is -1.40. The lowest BCUT2D eigenvalue weighted by atomic mass is 10.2. The molecule has 1 aromatic heterocycles. The van der Waals surface area contributed by atoms with Crippen LogP contribution in [0.25, 0.3) is 10.9 Å². The van der Waals surface area contributed by atoms with E-state index in [9.17, 15) is 13.2 Å². The zero-order chi connectivity index (χ0) is 12.9. The molecule has 1 heterocycles. The Labute approximate surface area is 107 Å². The Morgan fingerprint density at radius 2 is 2.06 bits per heavy atom. The summed E-state index contributed by atoms with van der Waals surface area (Å²) in [6.07, 6.45) is 3.43. The molecular weight excluding hydrogens is 276 g/mol. The van der Waals surface area contributed by atoms with Gasteiger partial charge in [-0.1, -0.05) is 0 Å². The monoisotopic (exact) mass is 284 g/mol. The first-order valence-electron chi connectivity index (χ1n) is 5.42. The van der Waals surface area contributed by atoms with Gasteiger partial charge in [0.2, 0.25) is 0 Å². The normalized spacial score (nSPS) is 16.1. The number of benzene rings is 1. The molecule has 0 saturated heterocycles. The number of hydrogen-bond acceptors (Lipinski definition) is 4. The van der Waals surface area contributed by atoms with Crippen LogP contribution < -0.4 is 5.56 Å². The van der Waals surface area contributed by atoms with Gasteiger partial charge in [0.25, 0.3) is 14.6 Å². The number of fused-ring (bicyclic) bond motifs is 1. The van der Waals surface area contributed by atoms with Crippen molar-refractivity contribution < 1.29 is 8.42 Å². The molecule has 0 N–H and O–H groups in total. The smallest absolute Gasteiger partial charge is 0.261 e. The summed E-state index contributed by atoms with van der Waals surface area (Å²) < 4.78 is 24.1. The first-order valence-corrected chi connectivity index (χ1v) is 7.73. The topological polar surface area (TPSA) is 69.0 Å². The van der Waals surface area contributed by atoms with Gasteiger partial charge in [0.05, 0.1) is 22.1 Å². The Bertz CT molecular complexity index is 794. The second-order valence-electron chi connectivity index (χ2n) is 4.30. The maximum Gasteiger partial charge on any atom is 0.261 e. The van der Waals surface area contributed by atoms with Gasteiger partial charge >= 0.3 is 0 Å². The lowest BCUT2D eigenvalue weighted by Gasteiger charge is -2.05. The number of hydrogen-bond donors (Lipinski definition) is 0. The van der Waals surface area contributed by atoms with Crippen molar-refractivity contribution in [3.05, 3.63) is 34.9 Å². The van der Waals surface area contributed by atoms with Crippen molar-refractivity contribution in [2.24, 2.45) is 0 Å². The number of halogens is 1. The lowest BCUT2D eigenvalue weighted by molar-refractivity contribution is 0.609. The standard InChI is InChI=1S/C11H9ClN2O3S/c12-18(16,17)8-3-4-10-9(5-8)11(15)14(6-13-10)7-1-2-7/h3-7H,1-2H2. The Kier molecular flexibility index (Phi) is 2.46. The minimum atomic E-state index is -3.83. The highest BCUT2D eigenvalue weighted by Gasteiger charge is 2.25. The van der Waals surface area contributed by atoms with E-state index in [1.807, 2.05) is 0 Å². The van der Waals surface area contributed by atoms with Gasteiger partial charge < -0.3 is 0 Å². The third-order valence-electron chi connectivity index (χ3n) is 2.98. The fourth-order valence-corrected chi connectivity index (χ4v) is 2.66. The van der Waals surface area contributed by atoms with Crippen LogP contribution in [0.5, 0.6) is 0 Å². The van der Waals surface area contributed by atoms with Gasteiger partial charge in [0.1, 0.15) is 0 Å². The first-order chi connectivity index (χ1) is 8.47. The van der Waals surface area contributed by atoms with Crippen LogP contribution in [0.1, 0.15) is 18.9 Å². The van der Waals surface area contributed by atoms with Crippen molar-refractivity contribution in [2.45, 2.75) is 23.8 Å². The summed E-state index contributed by atoms with van der Waals surface area (Å²) in [7, 11) is 1.44. The molecule has 5 nitrogen and oxygen atoms in total. The molecule has 0 radical (unpaired) electrons. The fourth-order valence-electron chi connectivity index (χ4n) is 1.88. The fraction of sp³-hybridized carbons (Fsp3) is 0.273. The summed E-state index contributed by atoms with van der Waals surface area (Å²) in [5.74, 6) is 0. The Balaban J connectivity index is 2.31. The van der Waals surface area contributed by atoms with E-state index in [2.05, 4.69) is 4.98 Å². The highest BCUT2D eigenvalue weighted by molar-refractivity contribution is 8.13. The molecule has 94 valence electrons. The molecule has 0 spiro atoms. The maximum atomic E-state index is 12.2. The quantitative estimate of drug-likeness (QED) is 0.787. The summed E-state index contributed by atoms with van der Waals surface area (Å²) in [4.78, 5) is 16.2. The number of nitrogens with zero attached hydrogens (tertiary/aromatic N) is 2. The van der Waals surface area contributed by atoms with E-state index in [1.54, 1.807) is 4.57 Å². The lowest BCUT2D eigenvalue weighted by Crippen LogP contribution is -2.19. The van der Waals surface area contributed by atoms with Gasteiger partial charge in [0.15, 0.2) is 0 Å². The molecule has 1 aromatic carbocycles. The van der Waals surface area contributed by atoms with Gasteiger partial charge in [-0.25, -0.2) is 13.4 Å². The van der Waals surface area contributed by atoms with Crippen molar-refractivity contribution in [3.8, 4) is 0 Å². The third kappa shape index (κ3) is 1.91. The average Bonchev–Trinajstić information content (AvgIpc) is 3.12. The molecule has 1 fully saturated rings. The van der Waals surface area contributed by atoms with Crippen LogP contribution in [-0.4, -0.2) is 18.0 Å². The van der Waals surface area contributed by atoms with Crippen molar-refractivity contribution in [2.75, 3.05) is 0 Å². The van der Waals surface area contributed by atoms with Crippen LogP contribution in [0.2, 0.25) is 0 Å². The molecule has 0 aliphatic heterocycles. The number of aromatic nitrogens is 2. The molecule has 3 rings (SSSR count). The van der Waals surface area contributed by atoms with Crippen molar-refractivity contribution in [1.82, 2.24) is 9.55 Å². The summed E-state index contributed by atoms with van der Waals surface area (Å²) in [6.45, 7) is 0. The van der Waals surface area contributed by atoms with Crippen molar-refractivity contribution in [1.29, 1.82) is 0 Å². The molecule has 0 unspecified atom stereocenters. The van der Waals surface area contributed by atoms with E-state index in [1.165, 1.54) is 24.5 Å². The van der Waals surface area contributed by atoms with Gasteiger partial charge in [-0.2, -0.15) is 0 Å². The predicted octanol–water partition coefficient (Wildman–Crippen LogP) is 1.66. The summed E-state index contributed by atoms with van der Waals surface area (Å²) in [6, 6.07) is 4.32. The SMILES string of the molecule is O=c1c2cc(S(=O)(=O)Cl)ccc2ncn1C1CC1. The third-order valence-corrected chi connectivity index (χ3v) is 4.33. The van der Waals surface area contributed by atoms with Crippen LogP contribution in [-0.2, 0) is 9.05 Å². The largest absolute Gasteiger partial charge is 0.296 e.